The normalized spacial score (nSPS) is 15.5. The molecule has 3 rings (SSSR count). The maximum Gasteiger partial charge on any atom is 0.338 e. The van der Waals surface area contributed by atoms with Crippen LogP contribution in [0.5, 0.6) is 5.75 Å². The van der Waals surface area contributed by atoms with E-state index >= 15 is 0 Å². The molecule has 9 heteroatoms. The van der Waals surface area contributed by atoms with Crippen LogP contribution in [0.4, 0.5) is 5.95 Å². The van der Waals surface area contributed by atoms with E-state index in [2.05, 4.69) is 40.1 Å². The first-order valence-corrected chi connectivity index (χ1v) is 12.4. The molecular formula is C22H29BrN4O3S. The fourth-order valence-electron chi connectivity index (χ4n) is 3.34. The van der Waals surface area contributed by atoms with Crippen LogP contribution in [-0.2, 0) is 9.53 Å². The average molecular weight is 509 g/mol. The fourth-order valence-corrected chi connectivity index (χ4v) is 4.40. The lowest BCUT2D eigenvalue weighted by Gasteiger charge is -2.29. The molecule has 1 aromatic carbocycles. The number of benzene rings is 1. The SMILES string of the molecule is CCCCOc1ccc(Br)cc1C1C(C(=O)OCC)=C(C)Nc2nc(SCCC)nn21. The first-order chi connectivity index (χ1) is 15.0. The molecule has 0 bridgehead atoms. The number of esters is 1. The van der Waals surface area contributed by atoms with Gasteiger partial charge in [0.05, 0.1) is 18.8 Å². The number of allylic oxidation sites excluding steroid dienone is 1. The van der Waals surface area contributed by atoms with E-state index in [1.54, 1.807) is 23.4 Å². The summed E-state index contributed by atoms with van der Waals surface area (Å²) in [5.41, 5.74) is 2.05. The number of hydrogen-bond acceptors (Lipinski definition) is 7. The highest BCUT2D eigenvalue weighted by Crippen LogP contribution is 2.41. The number of thioether (sulfide) groups is 1. The third-order valence-electron chi connectivity index (χ3n) is 4.79. The smallest absolute Gasteiger partial charge is 0.338 e. The zero-order valence-electron chi connectivity index (χ0n) is 18.4. The second-order valence-corrected chi connectivity index (χ2v) is 9.16. The molecule has 0 saturated carbocycles. The lowest BCUT2D eigenvalue weighted by molar-refractivity contribution is -0.139. The zero-order valence-corrected chi connectivity index (χ0v) is 20.8. The van der Waals surface area contributed by atoms with Gasteiger partial charge in [0.25, 0.3) is 0 Å². The lowest BCUT2D eigenvalue weighted by Crippen LogP contribution is -2.30. The van der Waals surface area contributed by atoms with Crippen molar-refractivity contribution in [3.8, 4) is 5.75 Å². The van der Waals surface area contributed by atoms with Crippen molar-refractivity contribution in [3.05, 3.63) is 39.5 Å². The van der Waals surface area contributed by atoms with Crippen LogP contribution in [0.2, 0.25) is 0 Å². The van der Waals surface area contributed by atoms with Crippen LogP contribution in [0.25, 0.3) is 0 Å². The number of rotatable bonds is 10. The Morgan fingerprint density at radius 2 is 2.10 bits per heavy atom. The molecule has 1 unspecified atom stereocenters. The second-order valence-electron chi connectivity index (χ2n) is 7.18. The van der Waals surface area contributed by atoms with Gasteiger partial charge in [0, 0.05) is 21.5 Å². The first kappa shape index (κ1) is 23.7. The molecule has 1 aliphatic rings. The molecule has 0 aliphatic carbocycles. The van der Waals surface area contributed by atoms with E-state index in [1.807, 2.05) is 25.1 Å². The Balaban J connectivity index is 2.13. The Labute approximate surface area is 196 Å². The van der Waals surface area contributed by atoms with Crippen molar-refractivity contribution in [3.63, 3.8) is 0 Å². The number of hydrogen-bond donors (Lipinski definition) is 1. The van der Waals surface area contributed by atoms with Gasteiger partial charge in [-0.15, -0.1) is 5.10 Å². The van der Waals surface area contributed by atoms with E-state index in [-0.39, 0.29) is 5.97 Å². The van der Waals surface area contributed by atoms with E-state index in [1.165, 1.54) is 0 Å². The van der Waals surface area contributed by atoms with Gasteiger partial charge in [-0.3, -0.25) is 0 Å². The van der Waals surface area contributed by atoms with Crippen molar-refractivity contribution in [1.29, 1.82) is 0 Å². The van der Waals surface area contributed by atoms with Gasteiger partial charge in [-0.2, -0.15) is 4.98 Å². The third kappa shape index (κ3) is 5.44. The molecule has 2 heterocycles. The number of ether oxygens (including phenoxy) is 2. The molecule has 1 aromatic heterocycles. The van der Waals surface area contributed by atoms with Crippen molar-refractivity contribution in [2.45, 2.75) is 58.2 Å². The number of carbonyl (C=O) groups excluding carboxylic acids is 1. The van der Waals surface area contributed by atoms with E-state index < -0.39 is 6.04 Å². The minimum Gasteiger partial charge on any atom is -0.493 e. The molecule has 2 aromatic rings. The van der Waals surface area contributed by atoms with Crippen molar-refractivity contribution in [2.24, 2.45) is 0 Å². The highest BCUT2D eigenvalue weighted by Gasteiger charge is 2.37. The van der Waals surface area contributed by atoms with E-state index in [0.29, 0.717) is 35.6 Å². The number of unbranched alkanes of at least 4 members (excludes halogenated alkanes) is 1. The monoisotopic (exact) mass is 508 g/mol. The minimum absolute atomic E-state index is 0.294. The second kappa shape index (κ2) is 11.0. The van der Waals surface area contributed by atoms with Crippen molar-refractivity contribution in [2.75, 3.05) is 24.3 Å². The predicted molar refractivity (Wildman–Crippen MR) is 127 cm³/mol. The Morgan fingerprint density at radius 3 is 2.81 bits per heavy atom. The van der Waals surface area contributed by atoms with E-state index in [4.69, 9.17) is 14.6 Å². The van der Waals surface area contributed by atoms with Gasteiger partial charge < -0.3 is 14.8 Å². The molecule has 0 spiro atoms. The zero-order chi connectivity index (χ0) is 22.4. The van der Waals surface area contributed by atoms with Gasteiger partial charge in [0.2, 0.25) is 11.1 Å². The predicted octanol–water partition coefficient (Wildman–Crippen LogP) is 5.57. The van der Waals surface area contributed by atoms with Gasteiger partial charge in [-0.1, -0.05) is 48.0 Å². The lowest BCUT2D eigenvalue weighted by atomic mass is 9.95. The average Bonchev–Trinajstić information content (AvgIpc) is 3.14. The molecule has 1 N–H and O–H groups in total. The molecule has 0 radical (unpaired) electrons. The number of halogens is 1. The van der Waals surface area contributed by atoms with Gasteiger partial charge >= 0.3 is 5.97 Å². The van der Waals surface area contributed by atoms with Crippen LogP contribution in [0.1, 0.15) is 58.6 Å². The summed E-state index contributed by atoms with van der Waals surface area (Å²) in [5.74, 6) is 1.88. The van der Waals surface area contributed by atoms with Crippen LogP contribution in [0, 0.1) is 0 Å². The van der Waals surface area contributed by atoms with Crippen LogP contribution in [-0.4, -0.2) is 39.7 Å². The van der Waals surface area contributed by atoms with Gasteiger partial charge in [-0.25, -0.2) is 9.48 Å². The number of fused-ring (bicyclic) bond motifs is 1. The molecule has 0 amide bonds. The van der Waals surface area contributed by atoms with Crippen molar-refractivity contribution >= 4 is 39.6 Å². The quantitative estimate of drug-likeness (QED) is 0.255. The maximum atomic E-state index is 13.0. The summed E-state index contributed by atoms with van der Waals surface area (Å²) < 4.78 is 14.2. The Morgan fingerprint density at radius 1 is 1.29 bits per heavy atom. The molecule has 1 aliphatic heterocycles. The van der Waals surface area contributed by atoms with Gasteiger partial charge in [0.1, 0.15) is 11.8 Å². The van der Waals surface area contributed by atoms with Crippen LogP contribution < -0.4 is 10.1 Å². The summed E-state index contributed by atoms with van der Waals surface area (Å²) in [6, 6.07) is 5.34. The molecule has 7 nitrogen and oxygen atoms in total. The number of carbonyl (C=O) groups is 1. The Kier molecular flexibility index (Phi) is 8.43. The van der Waals surface area contributed by atoms with E-state index in [0.717, 1.165) is 40.8 Å². The molecule has 31 heavy (non-hydrogen) atoms. The molecule has 168 valence electrons. The summed E-state index contributed by atoms with van der Waals surface area (Å²) in [6.07, 6.45) is 3.02. The van der Waals surface area contributed by atoms with Gasteiger partial charge in [0.15, 0.2) is 0 Å². The fraction of sp³-hybridized carbons (Fsp3) is 0.500. The molecule has 1 atom stereocenters. The van der Waals surface area contributed by atoms with Crippen LogP contribution in [0.15, 0.2) is 39.1 Å². The van der Waals surface area contributed by atoms with Crippen LogP contribution in [0.3, 0.4) is 0 Å². The highest BCUT2D eigenvalue weighted by atomic mass is 79.9. The van der Waals surface area contributed by atoms with Gasteiger partial charge in [-0.05, 0) is 44.9 Å². The summed E-state index contributed by atoms with van der Waals surface area (Å²) in [6.45, 7) is 8.82. The molecular weight excluding hydrogens is 480 g/mol. The van der Waals surface area contributed by atoms with Crippen LogP contribution >= 0.6 is 27.7 Å². The molecule has 0 fully saturated rings. The number of aromatic nitrogens is 3. The summed E-state index contributed by atoms with van der Waals surface area (Å²) in [4.78, 5) is 17.6. The Hall–Kier alpha value is -2.00. The maximum absolute atomic E-state index is 13.0. The number of anilines is 1. The molecule has 0 saturated heterocycles. The highest BCUT2D eigenvalue weighted by molar-refractivity contribution is 9.10. The first-order valence-electron chi connectivity index (χ1n) is 10.7. The Bertz CT molecular complexity index is 960. The topological polar surface area (TPSA) is 78.3 Å². The minimum atomic E-state index is -0.507. The summed E-state index contributed by atoms with van der Waals surface area (Å²) >= 11 is 5.17. The number of nitrogens with one attached hydrogen (secondary N) is 1. The largest absolute Gasteiger partial charge is 0.493 e. The summed E-state index contributed by atoms with van der Waals surface area (Å²) in [5, 5.41) is 8.64. The van der Waals surface area contributed by atoms with Crippen molar-refractivity contribution < 1.29 is 14.3 Å². The summed E-state index contributed by atoms with van der Waals surface area (Å²) in [7, 11) is 0. The van der Waals surface area contributed by atoms with E-state index in [9.17, 15) is 4.79 Å². The standard InChI is InChI=1S/C22H29BrN4O3S/c1-5-8-11-30-17-10-9-15(23)13-16(17)19-18(20(28)29-7-3)14(4)24-21-25-22(26-27(19)21)31-12-6-2/h9-10,13,19H,5-8,11-12H2,1-4H3,(H,24,25,26). The van der Waals surface area contributed by atoms with Crippen molar-refractivity contribution in [1.82, 2.24) is 14.8 Å². The third-order valence-corrected chi connectivity index (χ3v) is 6.32. The number of nitrogens with zero attached hydrogens (tertiary/aromatic N) is 3.